The summed E-state index contributed by atoms with van der Waals surface area (Å²) in [5.41, 5.74) is 0. The summed E-state index contributed by atoms with van der Waals surface area (Å²) in [4.78, 5) is 11.5. The molecule has 1 fully saturated rings. The molecule has 1 rings (SSSR count). The van der Waals surface area contributed by atoms with Crippen molar-refractivity contribution in [3.05, 3.63) is 0 Å². The Hall–Kier alpha value is -0.570. The van der Waals surface area contributed by atoms with Crippen LogP contribution < -0.4 is 5.32 Å². The number of rotatable bonds is 4. The van der Waals surface area contributed by atoms with Gasteiger partial charge in [-0.15, -0.1) is 0 Å². The van der Waals surface area contributed by atoms with Gasteiger partial charge in [0.15, 0.2) is 0 Å². The van der Waals surface area contributed by atoms with E-state index >= 15 is 0 Å². The fourth-order valence-corrected chi connectivity index (χ4v) is 2.27. The van der Waals surface area contributed by atoms with Crippen molar-refractivity contribution in [3.63, 3.8) is 0 Å². The zero-order chi connectivity index (χ0) is 11.4. The highest BCUT2D eigenvalue weighted by Crippen LogP contribution is 2.25. The largest absolute Gasteiger partial charge is 0.468 e. The topological polar surface area (TPSA) is 38.3 Å². The van der Waals surface area contributed by atoms with E-state index in [1.54, 1.807) is 0 Å². The van der Waals surface area contributed by atoms with Crippen LogP contribution in [-0.2, 0) is 9.53 Å². The van der Waals surface area contributed by atoms with Crippen LogP contribution in [0.3, 0.4) is 0 Å². The SMILES string of the molecule is COC(=O)[C@@H](NC1CCC(C)C1)C(C)C. The molecule has 3 atom stereocenters. The molecule has 2 unspecified atom stereocenters. The quantitative estimate of drug-likeness (QED) is 0.725. The van der Waals surface area contributed by atoms with Crippen LogP contribution in [0, 0.1) is 11.8 Å². The molecule has 3 nitrogen and oxygen atoms in total. The van der Waals surface area contributed by atoms with Crippen LogP contribution in [0.25, 0.3) is 0 Å². The van der Waals surface area contributed by atoms with Crippen molar-refractivity contribution in [3.8, 4) is 0 Å². The number of methoxy groups -OCH3 is 1. The zero-order valence-electron chi connectivity index (χ0n) is 10.2. The Morgan fingerprint density at radius 1 is 1.40 bits per heavy atom. The summed E-state index contributed by atoms with van der Waals surface area (Å²) in [5, 5.41) is 3.42. The molecule has 0 bridgehead atoms. The van der Waals surface area contributed by atoms with Crippen molar-refractivity contribution in [2.24, 2.45) is 11.8 Å². The first kappa shape index (κ1) is 12.5. The maximum absolute atomic E-state index is 11.5. The molecule has 0 saturated heterocycles. The lowest BCUT2D eigenvalue weighted by molar-refractivity contribution is -0.144. The standard InChI is InChI=1S/C12H23NO2/c1-8(2)11(12(14)15-4)13-10-6-5-9(3)7-10/h8-11,13H,5-7H2,1-4H3/t9?,10?,11-/m0/s1. The third-order valence-electron chi connectivity index (χ3n) is 3.23. The maximum Gasteiger partial charge on any atom is 0.323 e. The smallest absolute Gasteiger partial charge is 0.323 e. The van der Waals surface area contributed by atoms with Crippen LogP contribution in [-0.4, -0.2) is 25.2 Å². The van der Waals surface area contributed by atoms with E-state index in [4.69, 9.17) is 4.74 Å². The molecule has 3 heteroatoms. The van der Waals surface area contributed by atoms with Crippen LogP contribution in [0.4, 0.5) is 0 Å². The van der Waals surface area contributed by atoms with Gasteiger partial charge >= 0.3 is 5.97 Å². The van der Waals surface area contributed by atoms with Crippen molar-refractivity contribution in [2.45, 2.75) is 52.1 Å². The van der Waals surface area contributed by atoms with Gasteiger partial charge in [0.2, 0.25) is 0 Å². The van der Waals surface area contributed by atoms with Gasteiger partial charge in [0.25, 0.3) is 0 Å². The first-order valence-electron chi connectivity index (χ1n) is 5.88. The predicted molar refractivity (Wildman–Crippen MR) is 60.6 cm³/mol. The molecule has 0 aromatic carbocycles. The molecule has 0 amide bonds. The Balaban J connectivity index is 2.48. The third kappa shape index (κ3) is 3.49. The Morgan fingerprint density at radius 2 is 2.07 bits per heavy atom. The van der Waals surface area contributed by atoms with Crippen molar-refractivity contribution in [1.82, 2.24) is 5.32 Å². The molecular weight excluding hydrogens is 190 g/mol. The van der Waals surface area contributed by atoms with Crippen LogP contribution >= 0.6 is 0 Å². The maximum atomic E-state index is 11.5. The zero-order valence-corrected chi connectivity index (χ0v) is 10.2. The molecule has 0 aliphatic heterocycles. The van der Waals surface area contributed by atoms with E-state index in [0.29, 0.717) is 6.04 Å². The van der Waals surface area contributed by atoms with Crippen LogP contribution in [0.5, 0.6) is 0 Å². The van der Waals surface area contributed by atoms with E-state index in [0.717, 1.165) is 5.92 Å². The second kappa shape index (κ2) is 5.50. The van der Waals surface area contributed by atoms with Crippen molar-refractivity contribution in [1.29, 1.82) is 0 Å². The predicted octanol–water partition coefficient (Wildman–Crippen LogP) is 1.96. The fourth-order valence-electron chi connectivity index (χ4n) is 2.27. The Kier molecular flexibility index (Phi) is 4.58. The number of hydrogen-bond donors (Lipinski definition) is 1. The van der Waals surface area contributed by atoms with Gasteiger partial charge in [-0.2, -0.15) is 0 Å². The minimum atomic E-state index is -0.148. The summed E-state index contributed by atoms with van der Waals surface area (Å²) >= 11 is 0. The van der Waals surface area contributed by atoms with Gasteiger partial charge < -0.3 is 10.1 Å². The minimum Gasteiger partial charge on any atom is -0.468 e. The molecule has 1 aliphatic rings. The van der Waals surface area contributed by atoms with E-state index in [9.17, 15) is 4.79 Å². The summed E-state index contributed by atoms with van der Waals surface area (Å²) < 4.78 is 4.81. The lowest BCUT2D eigenvalue weighted by Crippen LogP contribution is -2.46. The number of carbonyl (C=O) groups excluding carboxylic acids is 1. The molecule has 0 heterocycles. The van der Waals surface area contributed by atoms with E-state index in [1.165, 1.54) is 26.4 Å². The van der Waals surface area contributed by atoms with Crippen molar-refractivity contribution in [2.75, 3.05) is 7.11 Å². The van der Waals surface area contributed by atoms with Crippen molar-refractivity contribution >= 4 is 5.97 Å². The summed E-state index contributed by atoms with van der Waals surface area (Å²) in [6.07, 6.45) is 3.63. The summed E-state index contributed by atoms with van der Waals surface area (Å²) in [6.45, 7) is 6.37. The highest BCUT2D eigenvalue weighted by molar-refractivity contribution is 5.75. The first-order valence-corrected chi connectivity index (χ1v) is 5.88. The minimum absolute atomic E-state index is 0.135. The average molecular weight is 213 g/mol. The molecule has 1 N–H and O–H groups in total. The van der Waals surface area contributed by atoms with Crippen LogP contribution in [0.15, 0.2) is 0 Å². The number of esters is 1. The van der Waals surface area contributed by atoms with Gasteiger partial charge in [0.1, 0.15) is 6.04 Å². The monoisotopic (exact) mass is 213 g/mol. The molecule has 88 valence electrons. The lowest BCUT2D eigenvalue weighted by Gasteiger charge is -2.23. The Morgan fingerprint density at radius 3 is 2.47 bits per heavy atom. The van der Waals surface area contributed by atoms with Crippen LogP contribution in [0.2, 0.25) is 0 Å². The van der Waals surface area contributed by atoms with Crippen LogP contribution in [0.1, 0.15) is 40.0 Å². The van der Waals surface area contributed by atoms with Gasteiger partial charge in [-0.05, 0) is 31.1 Å². The second-order valence-electron chi connectivity index (χ2n) is 5.03. The Labute approximate surface area is 92.6 Å². The van der Waals surface area contributed by atoms with Gasteiger partial charge in [0, 0.05) is 6.04 Å². The fraction of sp³-hybridized carbons (Fsp3) is 0.917. The third-order valence-corrected chi connectivity index (χ3v) is 3.23. The number of ether oxygens (including phenoxy) is 1. The van der Waals surface area contributed by atoms with E-state index in [-0.39, 0.29) is 17.9 Å². The second-order valence-corrected chi connectivity index (χ2v) is 5.03. The molecular formula is C12H23NO2. The lowest BCUT2D eigenvalue weighted by atomic mass is 10.0. The van der Waals surface area contributed by atoms with Gasteiger partial charge in [-0.1, -0.05) is 20.8 Å². The van der Waals surface area contributed by atoms with Gasteiger partial charge in [-0.3, -0.25) is 4.79 Å². The molecule has 0 spiro atoms. The molecule has 1 saturated carbocycles. The number of nitrogens with one attached hydrogen (secondary N) is 1. The number of hydrogen-bond acceptors (Lipinski definition) is 3. The van der Waals surface area contributed by atoms with E-state index < -0.39 is 0 Å². The highest BCUT2D eigenvalue weighted by Gasteiger charge is 2.29. The van der Waals surface area contributed by atoms with Gasteiger partial charge in [0.05, 0.1) is 7.11 Å². The summed E-state index contributed by atoms with van der Waals surface area (Å²) in [7, 11) is 1.46. The van der Waals surface area contributed by atoms with E-state index in [1.807, 2.05) is 13.8 Å². The molecule has 0 radical (unpaired) electrons. The van der Waals surface area contributed by atoms with Gasteiger partial charge in [-0.25, -0.2) is 0 Å². The summed E-state index contributed by atoms with van der Waals surface area (Å²) in [5.74, 6) is 0.936. The normalized spacial score (nSPS) is 28.1. The molecule has 1 aliphatic carbocycles. The first-order chi connectivity index (χ1) is 7.04. The molecule has 0 aromatic heterocycles. The summed E-state index contributed by atoms with van der Waals surface area (Å²) in [6, 6.07) is 0.344. The number of carbonyl (C=O) groups is 1. The highest BCUT2D eigenvalue weighted by atomic mass is 16.5. The average Bonchev–Trinajstić information content (AvgIpc) is 2.59. The molecule has 15 heavy (non-hydrogen) atoms. The molecule has 0 aromatic rings. The van der Waals surface area contributed by atoms with E-state index in [2.05, 4.69) is 12.2 Å². The Bertz CT molecular complexity index is 216. The van der Waals surface area contributed by atoms with Crippen molar-refractivity contribution < 1.29 is 9.53 Å².